The summed E-state index contributed by atoms with van der Waals surface area (Å²) >= 11 is 0. The van der Waals surface area contributed by atoms with E-state index in [9.17, 15) is 14.7 Å². The Kier molecular flexibility index (Phi) is 4.07. The van der Waals surface area contributed by atoms with Crippen molar-refractivity contribution in [2.75, 3.05) is 5.32 Å². The van der Waals surface area contributed by atoms with Gasteiger partial charge in [-0.1, -0.05) is 0 Å². The van der Waals surface area contributed by atoms with Crippen LogP contribution in [0.2, 0.25) is 0 Å². The van der Waals surface area contributed by atoms with E-state index < -0.39 is 22.8 Å². The van der Waals surface area contributed by atoms with Crippen LogP contribution in [-0.4, -0.2) is 27.5 Å². The number of carbonyl (C=O) groups is 2. The fourth-order valence-electron chi connectivity index (χ4n) is 1.68. The minimum Gasteiger partial charge on any atom is -0.481 e. The van der Waals surface area contributed by atoms with Crippen LogP contribution in [0.25, 0.3) is 0 Å². The number of hydrogen-bond acceptors (Lipinski definition) is 4. The first-order chi connectivity index (χ1) is 9.00. The molecular weight excluding hydrogens is 258 g/mol. The molecule has 0 atom stereocenters. The number of carbonyl (C=O) groups excluding carboxylic acids is 1. The first-order valence-electron chi connectivity index (χ1n) is 6.27. The maximum absolute atomic E-state index is 11.5. The zero-order valence-electron chi connectivity index (χ0n) is 12.4. The van der Waals surface area contributed by atoms with Crippen molar-refractivity contribution in [3.63, 3.8) is 0 Å². The summed E-state index contributed by atoms with van der Waals surface area (Å²) in [5.74, 6) is -1.23. The molecule has 110 valence electrons. The van der Waals surface area contributed by atoms with Gasteiger partial charge in [-0.15, -0.1) is 0 Å². The molecule has 1 heterocycles. The van der Waals surface area contributed by atoms with Crippen LogP contribution in [0.5, 0.6) is 0 Å². The minimum absolute atomic E-state index is 0.279. The van der Waals surface area contributed by atoms with Gasteiger partial charge in [0.1, 0.15) is 5.82 Å². The van der Waals surface area contributed by atoms with Crippen molar-refractivity contribution in [2.45, 2.75) is 40.2 Å². The van der Waals surface area contributed by atoms with E-state index in [1.807, 2.05) is 0 Å². The van der Waals surface area contributed by atoms with Crippen molar-refractivity contribution < 1.29 is 14.7 Å². The van der Waals surface area contributed by atoms with Crippen LogP contribution < -0.4 is 11.1 Å². The number of anilines is 1. The fourth-order valence-corrected chi connectivity index (χ4v) is 1.68. The Morgan fingerprint density at radius 3 is 2.30 bits per heavy atom. The van der Waals surface area contributed by atoms with Crippen LogP contribution in [0.1, 0.15) is 43.6 Å². The van der Waals surface area contributed by atoms with E-state index in [1.54, 1.807) is 46.9 Å². The third-order valence-corrected chi connectivity index (χ3v) is 3.93. The molecule has 0 aliphatic rings. The van der Waals surface area contributed by atoms with Gasteiger partial charge in [-0.3, -0.25) is 9.59 Å². The van der Waals surface area contributed by atoms with E-state index in [0.29, 0.717) is 11.4 Å². The molecule has 6 heteroatoms. The summed E-state index contributed by atoms with van der Waals surface area (Å²) in [6, 6.07) is 1.68. The second kappa shape index (κ2) is 5.11. The predicted molar refractivity (Wildman–Crippen MR) is 76.6 cm³/mol. The van der Waals surface area contributed by atoms with Crippen LogP contribution in [0.3, 0.4) is 0 Å². The monoisotopic (exact) mass is 279 g/mol. The lowest BCUT2D eigenvalue weighted by atomic mass is 9.74. The molecule has 1 aromatic rings. The Bertz CT molecular complexity index is 551. The molecule has 1 aromatic heterocycles. The van der Waals surface area contributed by atoms with E-state index in [0.717, 1.165) is 0 Å². The van der Waals surface area contributed by atoms with Crippen molar-refractivity contribution in [2.24, 2.45) is 11.1 Å². The first-order valence-corrected chi connectivity index (χ1v) is 6.27. The van der Waals surface area contributed by atoms with Crippen molar-refractivity contribution in [1.29, 1.82) is 0 Å². The number of aryl methyl sites for hydroxylation is 1. The van der Waals surface area contributed by atoms with Crippen LogP contribution in [0, 0.1) is 12.3 Å². The van der Waals surface area contributed by atoms with Gasteiger partial charge in [0.2, 0.25) is 0 Å². The van der Waals surface area contributed by atoms with Crippen LogP contribution in [0.4, 0.5) is 5.82 Å². The quantitative estimate of drug-likeness (QED) is 0.762. The standard InChI is InChI=1S/C14H21N3O3/c1-8-6-7-16-11(9(8)10(15)18)17-14(4,5)13(2,3)12(19)20/h6-7H,1-5H3,(H2,15,18)(H,16,17)(H,19,20). The first kappa shape index (κ1) is 15.9. The maximum atomic E-state index is 11.5. The summed E-state index contributed by atoms with van der Waals surface area (Å²) in [4.78, 5) is 27.0. The molecule has 0 aromatic carbocycles. The van der Waals surface area contributed by atoms with E-state index in [-0.39, 0.29) is 5.56 Å². The number of carboxylic acid groups (broad SMARTS) is 1. The Morgan fingerprint density at radius 2 is 1.85 bits per heavy atom. The normalized spacial score (nSPS) is 12.1. The predicted octanol–water partition coefficient (Wildman–Crippen LogP) is 1.79. The second-order valence-electron chi connectivity index (χ2n) is 5.90. The lowest BCUT2D eigenvalue weighted by Crippen LogP contribution is -2.51. The number of aliphatic carboxylic acids is 1. The zero-order chi connectivity index (χ0) is 15.7. The van der Waals surface area contributed by atoms with E-state index in [2.05, 4.69) is 10.3 Å². The van der Waals surface area contributed by atoms with E-state index in [1.165, 1.54) is 0 Å². The highest BCUT2D eigenvalue weighted by Gasteiger charge is 2.44. The molecule has 0 bridgehead atoms. The lowest BCUT2D eigenvalue weighted by molar-refractivity contribution is -0.149. The molecule has 1 rings (SSSR count). The molecule has 0 saturated carbocycles. The Balaban J connectivity index is 3.26. The summed E-state index contributed by atoms with van der Waals surface area (Å²) in [5.41, 5.74) is 4.45. The van der Waals surface area contributed by atoms with Crippen LogP contribution in [0.15, 0.2) is 12.3 Å². The molecule has 0 fully saturated rings. The number of nitrogens with two attached hydrogens (primary N) is 1. The SMILES string of the molecule is Cc1ccnc(NC(C)(C)C(C)(C)C(=O)O)c1C(N)=O. The maximum Gasteiger partial charge on any atom is 0.311 e. The lowest BCUT2D eigenvalue weighted by Gasteiger charge is -2.39. The molecule has 0 aliphatic heterocycles. The average molecular weight is 279 g/mol. The number of carboxylic acids is 1. The van der Waals surface area contributed by atoms with Crippen molar-refractivity contribution >= 4 is 17.7 Å². The van der Waals surface area contributed by atoms with Gasteiger partial charge in [-0.05, 0) is 46.2 Å². The highest BCUT2D eigenvalue weighted by Crippen LogP contribution is 2.34. The number of pyridine rings is 1. The number of nitrogens with one attached hydrogen (secondary N) is 1. The number of primary amides is 1. The Hall–Kier alpha value is -2.11. The summed E-state index contributed by atoms with van der Waals surface area (Å²) in [6.07, 6.45) is 1.55. The smallest absolute Gasteiger partial charge is 0.311 e. The Morgan fingerprint density at radius 1 is 1.30 bits per heavy atom. The van der Waals surface area contributed by atoms with Gasteiger partial charge in [-0.25, -0.2) is 4.98 Å². The van der Waals surface area contributed by atoms with Gasteiger partial charge in [-0.2, -0.15) is 0 Å². The van der Waals surface area contributed by atoms with Crippen LogP contribution >= 0.6 is 0 Å². The Labute approximate surface area is 118 Å². The average Bonchev–Trinajstić information content (AvgIpc) is 2.27. The van der Waals surface area contributed by atoms with Crippen LogP contribution in [-0.2, 0) is 4.79 Å². The summed E-state index contributed by atoms with van der Waals surface area (Å²) in [7, 11) is 0. The summed E-state index contributed by atoms with van der Waals surface area (Å²) < 4.78 is 0. The largest absolute Gasteiger partial charge is 0.481 e. The zero-order valence-corrected chi connectivity index (χ0v) is 12.4. The molecule has 6 nitrogen and oxygen atoms in total. The summed E-state index contributed by atoms with van der Waals surface area (Å²) in [6.45, 7) is 8.47. The van der Waals surface area contributed by atoms with Gasteiger partial charge in [0.25, 0.3) is 5.91 Å². The highest BCUT2D eigenvalue weighted by atomic mass is 16.4. The number of hydrogen-bond donors (Lipinski definition) is 3. The molecule has 0 radical (unpaired) electrons. The van der Waals surface area contributed by atoms with Gasteiger partial charge in [0, 0.05) is 11.7 Å². The molecule has 0 aliphatic carbocycles. The van der Waals surface area contributed by atoms with E-state index in [4.69, 9.17) is 5.73 Å². The number of nitrogens with zero attached hydrogens (tertiary/aromatic N) is 1. The highest BCUT2D eigenvalue weighted by molar-refractivity contribution is 5.99. The minimum atomic E-state index is -1.06. The topological polar surface area (TPSA) is 105 Å². The molecule has 0 spiro atoms. The molecular formula is C14H21N3O3. The van der Waals surface area contributed by atoms with Crippen molar-refractivity contribution in [1.82, 2.24) is 4.98 Å². The molecule has 0 saturated heterocycles. The summed E-state index contributed by atoms with van der Waals surface area (Å²) in [5, 5.41) is 12.4. The van der Waals surface area contributed by atoms with Gasteiger partial charge in [0.05, 0.1) is 11.0 Å². The van der Waals surface area contributed by atoms with Gasteiger partial charge < -0.3 is 16.2 Å². The van der Waals surface area contributed by atoms with Gasteiger partial charge in [0.15, 0.2) is 0 Å². The van der Waals surface area contributed by atoms with Crippen molar-refractivity contribution in [3.8, 4) is 0 Å². The molecule has 4 N–H and O–H groups in total. The molecule has 1 amide bonds. The van der Waals surface area contributed by atoms with Crippen molar-refractivity contribution in [3.05, 3.63) is 23.4 Å². The number of amides is 1. The number of rotatable bonds is 5. The third kappa shape index (κ3) is 2.74. The molecule has 20 heavy (non-hydrogen) atoms. The van der Waals surface area contributed by atoms with Gasteiger partial charge >= 0.3 is 5.97 Å². The third-order valence-electron chi connectivity index (χ3n) is 3.93. The molecule has 0 unspecified atom stereocenters. The number of aromatic nitrogens is 1. The fraction of sp³-hybridized carbons (Fsp3) is 0.500. The second-order valence-corrected chi connectivity index (χ2v) is 5.90. The van der Waals surface area contributed by atoms with E-state index >= 15 is 0 Å².